The molecule has 1 unspecified atom stereocenters. The van der Waals surface area contributed by atoms with E-state index in [1.54, 1.807) is 0 Å². The number of alkyl halides is 3. The van der Waals surface area contributed by atoms with Crippen LogP contribution in [0.5, 0.6) is 0 Å². The molecule has 94 valence electrons. The molecule has 0 saturated carbocycles. The van der Waals surface area contributed by atoms with Crippen molar-refractivity contribution in [3.63, 3.8) is 0 Å². The van der Waals surface area contributed by atoms with Crippen molar-refractivity contribution in [2.45, 2.75) is 25.6 Å². The molecular weight excluding hydrogens is 350 g/mol. The third-order valence-corrected chi connectivity index (χ3v) is 3.60. The Morgan fingerprint density at radius 3 is 2.71 bits per heavy atom. The van der Waals surface area contributed by atoms with Crippen molar-refractivity contribution in [2.75, 3.05) is 0 Å². The highest BCUT2D eigenvalue weighted by atomic mass is 127. The van der Waals surface area contributed by atoms with Gasteiger partial charge in [0.05, 0.1) is 23.7 Å². The summed E-state index contributed by atoms with van der Waals surface area (Å²) in [6, 6.07) is 0. The first-order chi connectivity index (χ1) is 7.80. The summed E-state index contributed by atoms with van der Waals surface area (Å²) in [4.78, 5) is 11.2. The highest BCUT2D eigenvalue weighted by Crippen LogP contribution is 2.35. The molecule has 1 atom stereocenters. The fraction of sp³-hybridized carbons (Fsp3) is 0.556. The average Bonchev–Trinajstić information content (AvgIpc) is 2.50. The monoisotopic (exact) mass is 359 g/mol. The third-order valence-electron chi connectivity index (χ3n) is 2.85. The lowest BCUT2D eigenvalue weighted by atomic mass is 9.96. The van der Waals surface area contributed by atoms with E-state index in [0.717, 1.165) is 0 Å². The van der Waals surface area contributed by atoms with Crippen LogP contribution in [0.2, 0.25) is 0 Å². The quantitative estimate of drug-likeness (QED) is 0.777. The Balaban J connectivity index is 2.35. The van der Waals surface area contributed by atoms with E-state index in [1.165, 1.54) is 4.68 Å². The van der Waals surface area contributed by atoms with Crippen molar-refractivity contribution in [1.82, 2.24) is 9.78 Å². The lowest BCUT2D eigenvalue weighted by Gasteiger charge is -2.25. The molecule has 0 spiro atoms. The maximum Gasteiger partial charge on any atom is 0.393 e. The molecule has 1 aromatic rings. The summed E-state index contributed by atoms with van der Waals surface area (Å²) in [6.45, 7) is -0.234. The van der Waals surface area contributed by atoms with Crippen molar-refractivity contribution in [1.29, 1.82) is 0 Å². The molecule has 0 bridgehead atoms. The van der Waals surface area contributed by atoms with Crippen LogP contribution in [-0.4, -0.2) is 21.9 Å². The molecule has 1 aliphatic rings. The van der Waals surface area contributed by atoms with Crippen LogP contribution in [0.25, 0.3) is 0 Å². The lowest BCUT2D eigenvalue weighted by Crippen LogP contribution is -2.33. The SMILES string of the molecule is NC(=O)c1c(I)nn2c1CCC(C(F)(F)F)C2. The highest BCUT2D eigenvalue weighted by Gasteiger charge is 2.42. The Bertz CT molecular complexity index is 469. The summed E-state index contributed by atoms with van der Waals surface area (Å²) >= 11 is 1.81. The first-order valence-electron chi connectivity index (χ1n) is 4.92. The van der Waals surface area contributed by atoms with Gasteiger partial charge in [-0.2, -0.15) is 18.3 Å². The van der Waals surface area contributed by atoms with Gasteiger partial charge in [-0.05, 0) is 35.4 Å². The van der Waals surface area contributed by atoms with Gasteiger partial charge in [-0.3, -0.25) is 9.48 Å². The number of halogens is 4. The van der Waals surface area contributed by atoms with E-state index >= 15 is 0 Å². The van der Waals surface area contributed by atoms with Crippen LogP contribution in [0, 0.1) is 9.62 Å². The van der Waals surface area contributed by atoms with Gasteiger partial charge in [-0.15, -0.1) is 0 Å². The number of carbonyl (C=O) groups is 1. The van der Waals surface area contributed by atoms with Crippen LogP contribution in [0.4, 0.5) is 13.2 Å². The molecule has 2 N–H and O–H groups in total. The number of hydrogen-bond donors (Lipinski definition) is 1. The Kier molecular flexibility index (Phi) is 3.08. The van der Waals surface area contributed by atoms with Crippen molar-refractivity contribution >= 4 is 28.5 Å². The van der Waals surface area contributed by atoms with Gasteiger partial charge in [0.2, 0.25) is 0 Å². The fourth-order valence-electron chi connectivity index (χ4n) is 1.99. The molecule has 0 aromatic carbocycles. The summed E-state index contributed by atoms with van der Waals surface area (Å²) in [7, 11) is 0. The zero-order chi connectivity index (χ0) is 12.8. The Labute approximate surface area is 108 Å². The van der Waals surface area contributed by atoms with Crippen molar-refractivity contribution < 1.29 is 18.0 Å². The van der Waals surface area contributed by atoms with Crippen molar-refractivity contribution in [3.8, 4) is 0 Å². The molecule has 0 radical (unpaired) electrons. The van der Waals surface area contributed by atoms with Gasteiger partial charge < -0.3 is 5.73 Å². The minimum Gasteiger partial charge on any atom is -0.365 e. The van der Waals surface area contributed by atoms with Crippen LogP contribution in [0.3, 0.4) is 0 Å². The Hall–Kier alpha value is -0.800. The van der Waals surface area contributed by atoms with E-state index in [9.17, 15) is 18.0 Å². The second-order valence-electron chi connectivity index (χ2n) is 3.94. The molecule has 0 aliphatic carbocycles. The number of carbonyl (C=O) groups excluding carboxylic acids is 1. The van der Waals surface area contributed by atoms with Gasteiger partial charge in [0.1, 0.15) is 3.70 Å². The number of aromatic nitrogens is 2. The second kappa shape index (κ2) is 4.14. The number of nitrogens with zero attached hydrogens (tertiary/aromatic N) is 2. The van der Waals surface area contributed by atoms with Crippen molar-refractivity contribution in [3.05, 3.63) is 15.0 Å². The number of amides is 1. The molecule has 17 heavy (non-hydrogen) atoms. The molecule has 1 aliphatic heterocycles. The molecule has 1 amide bonds. The standard InChI is InChI=1S/C9H9F3IN3O/c10-9(11,12)4-1-2-5-6(8(14)17)7(13)15-16(5)3-4/h4H,1-3H2,(H2,14,17). The van der Waals surface area contributed by atoms with Crippen LogP contribution in [0.1, 0.15) is 22.5 Å². The van der Waals surface area contributed by atoms with Crippen LogP contribution in [0.15, 0.2) is 0 Å². The average molecular weight is 359 g/mol. The number of hydrogen-bond acceptors (Lipinski definition) is 2. The summed E-state index contributed by atoms with van der Waals surface area (Å²) in [5, 5.41) is 3.94. The minimum absolute atomic E-state index is 0.0223. The first kappa shape index (κ1) is 12.7. The fourth-order valence-corrected chi connectivity index (χ4v) is 2.83. The summed E-state index contributed by atoms with van der Waals surface area (Å²) in [6.07, 6.45) is -4.06. The van der Waals surface area contributed by atoms with Crippen LogP contribution >= 0.6 is 22.6 Å². The summed E-state index contributed by atoms with van der Waals surface area (Å²) in [5.41, 5.74) is 5.96. The summed E-state index contributed by atoms with van der Waals surface area (Å²) in [5.74, 6) is -2.03. The smallest absolute Gasteiger partial charge is 0.365 e. The molecular formula is C9H9F3IN3O. The number of nitrogens with two attached hydrogens (primary N) is 1. The Morgan fingerprint density at radius 1 is 1.53 bits per heavy atom. The maximum absolute atomic E-state index is 12.6. The van der Waals surface area contributed by atoms with Crippen LogP contribution < -0.4 is 5.73 Å². The zero-order valence-electron chi connectivity index (χ0n) is 8.59. The predicted octanol–water partition coefficient (Wildman–Crippen LogP) is 1.71. The van der Waals surface area contributed by atoms with Gasteiger partial charge in [0.15, 0.2) is 0 Å². The molecule has 2 rings (SSSR count). The molecule has 0 saturated heterocycles. The lowest BCUT2D eigenvalue weighted by molar-refractivity contribution is -0.182. The number of primary amides is 1. The molecule has 1 aromatic heterocycles. The van der Waals surface area contributed by atoms with Gasteiger partial charge in [-0.1, -0.05) is 0 Å². The maximum atomic E-state index is 12.6. The van der Waals surface area contributed by atoms with Gasteiger partial charge in [-0.25, -0.2) is 0 Å². The van der Waals surface area contributed by atoms with E-state index in [2.05, 4.69) is 5.10 Å². The normalized spacial score (nSPS) is 20.1. The van der Waals surface area contributed by atoms with E-state index in [-0.39, 0.29) is 24.9 Å². The number of fused-ring (bicyclic) bond motifs is 1. The molecule has 4 nitrogen and oxygen atoms in total. The second-order valence-corrected chi connectivity index (χ2v) is 4.96. The van der Waals surface area contributed by atoms with E-state index in [1.807, 2.05) is 22.6 Å². The zero-order valence-corrected chi connectivity index (χ0v) is 10.7. The van der Waals surface area contributed by atoms with Crippen molar-refractivity contribution in [2.24, 2.45) is 11.7 Å². The van der Waals surface area contributed by atoms with E-state index in [4.69, 9.17) is 5.73 Å². The van der Waals surface area contributed by atoms with Gasteiger partial charge in [0, 0.05) is 0 Å². The van der Waals surface area contributed by atoms with Gasteiger partial charge in [0.25, 0.3) is 5.91 Å². The molecule has 8 heteroatoms. The van der Waals surface area contributed by atoms with E-state index < -0.39 is 18.0 Å². The predicted molar refractivity (Wildman–Crippen MR) is 61.3 cm³/mol. The molecule has 0 fully saturated rings. The largest absolute Gasteiger partial charge is 0.393 e. The minimum atomic E-state index is -4.22. The topological polar surface area (TPSA) is 60.9 Å². The molecule has 2 heterocycles. The number of rotatable bonds is 1. The third kappa shape index (κ3) is 2.26. The first-order valence-corrected chi connectivity index (χ1v) is 6.00. The highest BCUT2D eigenvalue weighted by molar-refractivity contribution is 14.1. The van der Waals surface area contributed by atoms with Gasteiger partial charge >= 0.3 is 6.18 Å². The Morgan fingerprint density at radius 2 is 2.18 bits per heavy atom. The van der Waals surface area contributed by atoms with E-state index in [0.29, 0.717) is 9.39 Å². The van der Waals surface area contributed by atoms with Crippen LogP contribution in [-0.2, 0) is 13.0 Å². The summed E-state index contributed by atoms with van der Waals surface area (Å²) < 4.78 is 39.3.